The van der Waals surface area contributed by atoms with Crippen molar-refractivity contribution in [3.8, 4) is 5.88 Å². The molecule has 0 bridgehead atoms. The van der Waals surface area contributed by atoms with E-state index < -0.39 is 0 Å². The van der Waals surface area contributed by atoms with Crippen molar-refractivity contribution in [1.82, 2.24) is 4.98 Å². The Labute approximate surface area is 181 Å². The molecule has 4 nitrogen and oxygen atoms in total. The van der Waals surface area contributed by atoms with Crippen LogP contribution in [0.2, 0.25) is 0 Å². The number of nitrogens with zero attached hydrogens (tertiary/aromatic N) is 1. The Balaban J connectivity index is 0. The summed E-state index contributed by atoms with van der Waals surface area (Å²) in [6.45, 7) is 19.1. The van der Waals surface area contributed by atoms with Gasteiger partial charge in [-0.3, -0.25) is 0 Å². The number of aliphatic hydroxyl groups is 1. The highest BCUT2D eigenvalue weighted by molar-refractivity contribution is 5.21. The number of aliphatic hydroxyl groups excluding tert-OH is 1. The predicted octanol–water partition coefficient (Wildman–Crippen LogP) is 6.55. The number of ether oxygens (including phenoxy) is 2. The summed E-state index contributed by atoms with van der Waals surface area (Å²) in [6, 6.07) is 4.13. The normalized spacial score (nSPS) is 18.4. The lowest BCUT2D eigenvalue weighted by Gasteiger charge is -2.34. The van der Waals surface area contributed by atoms with Crippen LogP contribution in [-0.4, -0.2) is 36.5 Å². The first kappa shape index (κ1) is 30.1. The predicted molar refractivity (Wildman–Crippen MR) is 126 cm³/mol. The van der Waals surface area contributed by atoms with E-state index in [1.54, 1.807) is 7.11 Å². The van der Waals surface area contributed by atoms with Crippen molar-refractivity contribution in [2.75, 3.05) is 20.3 Å². The van der Waals surface area contributed by atoms with Gasteiger partial charge in [-0.15, -0.1) is 0 Å². The van der Waals surface area contributed by atoms with E-state index in [2.05, 4.69) is 37.9 Å². The molecule has 1 unspecified atom stereocenters. The minimum Gasteiger partial charge on any atom is -0.477 e. The molecular weight excluding hydrogens is 362 g/mol. The van der Waals surface area contributed by atoms with Gasteiger partial charge in [0.1, 0.15) is 0 Å². The van der Waals surface area contributed by atoms with Crippen LogP contribution in [0.3, 0.4) is 0 Å². The molecule has 4 heteroatoms. The van der Waals surface area contributed by atoms with E-state index in [0.29, 0.717) is 24.5 Å². The molecule has 0 spiro atoms. The van der Waals surface area contributed by atoms with Gasteiger partial charge in [-0.2, -0.15) is 0 Å². The van der Waals surface area contributed by atoms with Crippen molar-refractivity contribution in [2.24, 2.45) is 17.3 Å². The quantitative estimate of drug-likeness (QED) is 0.500. The van der Waals surface area contributed by atoms with E-state index in [-0.39, 0.29) is 12.0 Å². The van der Waals surface area contributed by atoms with E-state index in [1.807, 2.05) is 47.7 Å². The lowest BCUT2D eigenvalue weighted by atomic mass is 9.78. The van der Waals surface area contributed by atoms with Gasteiger partial charge in [0.15, 0.2) is 0 Å². The van der Waals surface area contributed by atoms with Gasteiger partial charge in [0.05, 0.1) is 12.7 Å². The first-order valence-corrected chi connectivity index (χ1v) is 11.6. The summed E-state index contributed by atoms with van der Waals surface area (Å²) in [7, 11) is 1.79. The summed E-state index contributed by atoms with van der Waals surface area (Å²) >= 11 is 0. The molecule has 1 N–H and O–H groups in total. The monoisotopic (exact) mass is 411 g/mol. The standard InChI is InChI=1S/C19H31NO3.3C2H6/c1-14(11-19(2,3)13-21)12-23-18-10-15(5-6-20-18)7-16-8-17(9-16)22-4;3*1-2/h5-6,10,14,16-17,21H,7-9,11-13H2,1-4H3;3*1-2H3. The Morgan fingerprint density at radius 1 is 1.14 bits per heavy atom. The Kier molecular flexibility index (Phi) is 18.4. The molecule has 0 amide bonds. The number of methoxy groups -OCH3 is 1. The molecular formula is C25H49NO3. The van der Waals surface area contributed by atoms with Crippen LogP contribution in [0.15, 0.2) is 18.3 Å². The van der Waals surface area contributed by atoms with Gasteiger partial charge in [0.25, 0.3) is 0 Å². The Bertz CT molecular complexity index is 485. The largest absolute Gasteiger partial charge is 0.477 e. The molecule has 1 aromatic heterocycles. The van der Waals surface area contributed by atoms with Crippen molar-refractivity contribution in [1.29, 1.82) is 0 Å². The third kappa shape index (κ3) is 12.9. The summed E-state index contributed by atoms with van der Waals surface area (Å²) in [5.74, 6) is 1.81. The van der Waals surface area contributed by atoms with Gasteiger partial charge in [0, 0.05) is 26.0 Å². The van der Waals surface area contributed by atoms with E-state index in [9.17, 15) is 5.11 Å². The van der Waals surface area contributed by atoms with Crippen LogP contribution in [0, 0.1) is 17.3 Å². The van der Waals surface area contributed by atoms with Gasteiger partial charge in [-0.05, 0) is 54.6 Å². The average Bonchev–Trinajstić information content (AvgIpc) is 2.73. The Morgan fingerprint density at radius 3 is 2.24 bits per heavy atom. The second-order valence-corrected chi connectivity index (χ2v) is 7.84. The Morgan fingerprint density at radius 2 is 1.72 bits per heavy atom. The third-order valence-electron chi connectivity index (χ3n) is 4.69. The molecule has 0 radical (unpaired) electrons. The zero-order chi connectivity index (χ0) is 22.9. The maximum Gasteiger partial charge on any atom is 0.213 e. The number of hydrogen-bond donors (Lipinski definition) is 1. The topological polar surface area (TPSA) is 51.6 Å². The second-order valence-electron chi connectivity index (χ2n) is 7.84. The number of hydrogen-bond acceptors (Lipinski definition) is 4. The molecule has 1 saturated carbocycles. The maximum absolute atomic E-state index is 9.35. The zero-order valence-electron chi connectivity index (χ0n) is 20.9. The zero-order valence-corrected chi connectivity index (χ0v) is 20.9. The number of rotatable bonds is 9. The molecule has 0 aromatic carbocycles. The molecule has 1 aliphatic rings. The molecule has 1 fully saturated rings. The van der Waals surface area contributed by atoms with Crippen molar-refractivity contribution in [2.45, 2.75) is 94.1 Å². The molecule has 0 saturated heterocycles. The fraction of sp³-hybridized carbons (Fsp3) is 0.800. The van der Waals surface area contributed by atoms with Crippen molar-refractivity contribution < 1.29 is 14.6 Å². The van der Waals surface area contributed by atoms with E-state index in [1.165, 1.54) is 5.56 Å². The number of pyridine rings is 1. The van der Waals surface area contributed by atoms with Crippen LogP contribution < -0.4 is 4.74 Å². The van der Waals surface area contributed by atoms with E-state index >= 15 is 0 Å². The molecule has 172 valence electrons. The van der Waals surface area contributed by atoms with Crippen LogP contribution in [0.25, 0.3) is 0 Å². The van der Waals surface area contributed by atoms with E-state index in [0.717, 1.165) is 31.6 Å². The molecule has 1 atom stereocenters. The second kappa shape index (κ2) is 17.7. The van der Waals surface area contributed by atoms with Crippen molar-refractivity contribution in [3.63, 3.8) is 0 Å². The van der Waals surface area contributed by atoms with Crippen LogP contribution in [-0.2, 0) is 11.2 Å². The first-order chi connectivity index (χ1) is 13.9. The molecule has 1 aromatic rings. The average molecular weight is 412 g/mol. The Hall–Kier alpha value is -1.13. The van der Waals surface area contributed by atoms with Gasteiger partial charge in [-0.1, -0.05) is 62.3 Å². The molecule has 29 heavy (non-hydrogen) atoms. The summed E-state index contributed by atoms with van der Waals surface area (Å²) < 4.78 is 11.2. The van der Waals surface area contributed by atoms with Gasteiger partial charge >= 0.3 is 0 Å². The molecule has 1 aliphatic carbocycles. The smallest absolute Gasteiger partial charge is 0.213 e. The van der Waals surface area contributed by atoms with Gasteiger partial charge in [-0.25, -0.2) is 4.98 Å². The van der Waals surface area contributed by atoms with Gasteiger partial charge in [0.2, 0.25) is 5.88 Å². The van der Waals surface area contributed by atoms with Crippen molar-refractivity contribution in [3.05, 3.63) is 23.9 Å². The molecule has 1 heterocycles. The highest BCUT2D eigenvalue weighted by Gasteiger charge is 2.28. The van der Waals surface area contributed by atoms with Crippen LogP contribution >= 0.6 is 0 Å². The van der Waals surface area contributed by atoms with Crippen LogP contribution in [0.5, 0.6) is 5.88 Å². The van der Waals surface area contributed by atoms with Crippen LogP contribution in [0.1, 0.15) is 87.1 Å². The lowest BCUT2D eigenvalue weighted by Crippen LogP contribution is -2.31. The minimum absolute atomic E-state index is 0.0554. The fourth-order valence-corrected chi connectivity index (χ4v) is 3.32. The molecule has 2 rings (SSSR count). The third-order valence-corrected chi connectivity index (χ3v) is 4.69. The highest BCUT2D eigenvalue weighted by Crippen LogP contribution is 2.32. The SMILES string of the molecule is CC.CC.CC.COC1CC(Cc2ccnc(OCC(C)CC(C)(C)CO)c2)C1. The fourth-order valence-electron chi connectivity index (χ4n) is 3.32. The van der Waals surface area contributed by atoms with Crippen molar-refractivity contribution >= 4 is 0 Å². The summed E-state index contributed by atoms with van der Waals surface area (Å²) in [6.07, 6.45) is 6.60. The summed E-state index contributed by atoms with van der Waals surface area (Å²) in [4.78, 5) is 4.31. The summed E-state index contributed by atoms with van der Waals surface area (Å²) in [5.41, 5.74) is 1.23. The maximum atomic E-state index is 9.35. The van der Waals surface area contributed by atoms with E-state index in [4.69, 9.17) is 9.47 Å². The highest BCUT2D eigenvalue weighted by atomic mass is 16.5. The minimum atomic E-state index is -0.0554. The number of aromatic nitrogens is 1. The molecule has 0 aliphatic heterocycles. The lowest BCUT2D eigenvalue weighted by molar-refractivity contribution is 0.00143. The first-order valence-electron chi connectivity index (χ1n) is 11.6. The van der Waals surface area contributed by atoms with Gasteiger partial charge < -0.3 is 14.6 Å². The summed E-state index contributed by atoms with van der Waals surface area (Å²) in [5, 5.41) is 9.35. The van der Waals surface area contributed by atoms with Crippen LogP contribution in [0.4, 0.5) is 0 Å².